The molecule has 2 aromatic rings. The largest absolute Gasteiger partial charge is 0.341 e. The van der Waals surface area contributed by atoms with E-state index >= 15 is 0 Å². The van der Waals surface area contributed by atoms with E-state index in [0.717, 1.165) is 0 Å². The first kappa shape index (κ1) is 29.4. The third-order valence-electron chi connectivity index (χ3n) is 2.30. The van der Waals surface area contributed by atoms with Crippen molar-refractivity contribution in [3.05, 3.63) is 37.4 Å². The van der Waals surface area contributed by atoms with Crippen molar-refractivity contribution in [1.29, 1.82) is 0 Å². The van der Waals surface area contributed by atoms with Gasteiger partial charge in [-0.05, 0) is 0 Å². The fraction of sp³-hybridized carbons (Fsp3) is 0.444. The van der Waals surface area contributed by atoms with Gasteiger partial charge in [0.15, 0.2) is 12.8 Å². The molecule has 4 N–H and O–H groups in total. The molecule has 2 rings (SSSR count). The summed E-state index contributed by atoms with van der Waals surface area (Å²) in [5.41, 5.74) is 0. The smallest absolute Gasteiger partial charge is 0.302 e. The van der Waals surface area contributed by atoms with E-state index in [1.54, 1.807) is 52.7 Å². The summed E-state index contributed by atoms with van der Waals surface area (Å²) in [6, 6.07) is 0. The van der Waals surface area contributed by atoms with Crippen LogP contribution in [0.1, 0.15) is 40.5 Å². The maximum absolute atomic E-state index is 8.46. The maximum Gasteiger partial charge on any atom is 0.302 e. The van der Waals surface area contributed by atoms with E-state index in [2.05, 4.69) is 9.97 Å². The van der Waals surface area contributed by atoms with Crippen LogP contribution in [0.5, 0.6) is 0 Å². The molecule has 27 heavy (non-hydrogen) atoms. The van der Waals surface area contributed by atoms with Crippen molar-refractivity contribution in [3.63, 3.8) is 0 Å². The number of imidazole rings is 2. The van der Waals surface area contributed by atoms with Crippen LogP contribution in [0.2, 0.25) is 0 Å². The summed E-state index contributed by atoms with van der Waals surface area (Å²) in [6.45, 7) is 6.22. The minimum absolute atomic E-state index is 0. The zero-order chi connectivity index (χ0) is 20.5. The topological polar surface area (TPSA) is 121 Å². The van der Waals surface area contributed by atoms with E-state index in [4.69, 9.17) is 19.2 Å². The van der Waals surface area contributed by atoms with Crippen LogP contribution in [-0.4, -0.2) is 61.4 Å². The molecule has 0 fully saturated rings. The van der Waals surface area contributed by atoms with Crippen molar-refractivity contribution in [2.75, 3.05) is 0 Å². The number of hydrogen-bond donors (Lipinski definition) is 0. The van der Waals surface area contributed by atoms with Crippen LogP contribution in [0.3, 0.4) is 0 Å². The van der Waals surface area contributed by atoms with E-state index in [0.29, 0.717) is 12.8 Å². The zero-order valence-electron chi connectivity index (χ0n) is 16.8. The Morgan fingerprint density at radius 3 is 0.963 bits per heavy atom. The summed E-state index contributed by atoms with van der Waals surface area (Å²) in [4.78, 5) is 41.4. The molecule has 154 valence electrons. The van der Waals surface area contributed by atoms with Gasteiger partial charge in [0.25, 0.3) is 0 Å². The molecule has 0 unspecified atom stereocenters. The summed E-state index contributed by atoms with van der Waals surface area (Å²) in [5, 5.41) is 0. The van der Waals surface area contributed by atoms with Gasteiger partial charge in [0.1, 0.15) is 0 Å². The number of hydrogen-bond acceptors (Lipinski definition) is 2. The molecule has 0 saturated carbocycles. The van der Waals surface area contributed by atoms with Crippen LogP contribution >= 0.6 is 0 Å². The monoisotopic (exact) mass is 426 g/mol. The maximum atomic E-state index is 8.46. The Hall–Kier alpha value is -2.41. The molecular weight excluding hydrogens is 395 g/mol. The number of ketones is 4. The van der Waals surface area contributed by atoms with Crippen molar-refractivity contribution < 1.29 is 35.7 Å². The standard InChI is InChI=1S/2C5H8O2.2C4H6N2.Ni/c2*1-4(6)3-5(2)7;2*1-6-3-2-5-4-6;/h2*3H2,1-2H3;2*2-4H,1H3;/p+4. The Morgan fingerprint density at radius 2 is 0.926 bits per heavy atom. The quantitative estimate of drug-likeness (QED) is 0.420. The Balaban J connectivity index is -0.000000281. The van der Waals surface area contributed by atoms with Crippen LogP contribution in [-0.2, 0) is 30.6 Å². The molecule has 9 heteroatoms. The number of rotatable bonds is 4. The molecule has 0 amide bonds. The first-order chi connectivity index (χ1) is 12.0. The number of aromatic nitrogens is 4. The van der Waals surface area contributed by atoms with Gasteiger partial charge >= 0.3 is 23.1 Å². The average molecular weight is 427 g/mol. The molecule has 0 aliphatic rings. The number of nitrogens with zero attached hydrogens (tertiary/aromatic N) is 4. The predicted octanol–water partition coefficient (Wildman–Crippen LogP) is 1.85. The summed E-state index contributed by atoms with van der Waals surface area (Å²) in [6.07, 6.45) is 11.4. The normalized spacial score (nSPS) is 8.22. The summed E-state index contributed by atoms with van der Waals surface area (Å²) < 4.78 is 3.78. The third kappa shape index (κ3) is 28.7. The van der Waals surface area contributed by atoms with Crippen molar-refractivity contribution in [2.45, 2.75) is 40.5 Å². The molecule has 0 bridgehead atoms. The third-order valence-corrected chi connectivity index (χ3v) is 2.30. The fourth-order valence-corrected chi connectivity index (χ4v) is 1.39. The van der Waals surface area contributed by atoms with Crippen LogP contribution in [0.4, 0.5) is 0 Å². The molecule has 0 spiro atoms. The Labute approximate surface area is 170 Å². The molecule has 0 aliphatic carbocycles. The van der Waals surface area contributed by atoms with Gasteiger partial charge in [-0.3, -0.25) is 19.2 Å². The Bertz CT molecular complexity index is 571. The Kier molecular flexibility index (Phi) is 20.0. The van der Waals surface area contributed by atoms with E-state index in [1.807, 2.05) is 35.6 Å². The molecule has 0 aliphatic heterocycles. The molecule has 2 heterocycles. The van der Waals surface area contributed by atoms with Crippen LogP contribution < -0.4 is 0 Å². The van der Waals surface area contributed by atoms with Crippen LogP contribution in [0.25, 0.3) is 0 Å². The van der Waals surface area contributed by atoms with E-state index < -0.39 is 0 Å². The minimum Gasteiger partial charge on any atom is -0.341 e. The fourth-order valence-electron chi connectivity index (χ4n) is 1.39. The molecule has 2 aromatic heterocycles. The summed E-state index contributed by atoms with van der Waals surface area (Å²) in [5.74, 6) is 1.00. The van der Waals surface area contributed by atoms with Crippen molar-refractivity contribution >= 4 is 23.1 Å². The van der Waals surface area contributed by atoms with E-state index in [1.165, 1.54) is 0 Å². The first-order valence-corrected chi connectivity index (χ1v) is 7.94. The molecule has 0 saturated heterocycles. The second-order valence-corrected chi connectivity index (χ2v) is 5.75. The summed E-state index contributed by atoms with van der Waals surface area (Å²) >= 11 is 0. The predicted molar refractivity (Wildman–Crippen MR) is 106 cm³/mol. The van der Waals surface area contributed by atoms with Gasteiger partial charge in [-0.1, -0.05) is 0 Å². The van der Waals surface area contributed by atoms with Gasteiger partial charge in [0.2, 0.25) is 0 Å². The van der Waals surface area contributed by atoms with Gasteiger partial charge in [-0.25, -0.2) is 9.97 Å². The average Bonchev–Trinajstić information content (AvgIpc) is 3.11. The second-order valence-electron chi connectivity index (χ2n) is 5.75. The first-order valence-electron chi connectivity index (χ1n) is 7.94. The molecule has 0 aromatic carbocycles. The minimum atomic E-state index is 0. The van der Waals surface area contributed by atoms with Crippen molar-refractivity contribution in [2.24, 2.45) is 14.1 Å². The second kappa shape index (κ2) is 18.4. The molecule has 8 nitrogen and oxygen atoms in total. The van der Waals surface area contributed by atoms with Gasteiger partial charge in [0, 0.05) is 83.1 Å². The molecule has 0 atom stereocenters. The van der Waals surface area contributed by atoms with Crippen LogP contribution in [0.15, 0.2) is 37.4 Å². The number of carbonyl (C=O) groups excluding carboxylic acids is 4. The SMILES string of the molecule is CC(=[OH+])CC(C)=[OH+].CC(=[OH+])CC(C)=[OH+].Cn1ccnc1.Cn1ccnc1.[Ni]. The van der Waals surface area contributed by atoms with Gasteiger partial charge in [0.05, 0.1) is 12.7 Å². The van der Waals surface area contributed by atoms with Crippen molar-refractivity contribution in [1.82, 2.24) is 19.1 Å². The number of aryl methyl sites for hydroxylation is 2. The van der Waals surface area contributed by atoms with E-state index in [-0.39, 0.29) is 39.6 Å². The summed E-state index contributed by atoms with van der Waals surface area (Å²) in [7, 11) is 3.88. The molecular formula is C18H32N4NiO4+4. The van der Waals surface area contributed by atoms with Gasteiger partial charge in [-0.15, -0.1) is 0 Å². The van der Waals surface area contributed by atoms with E-state index in [9.17, 15) is 0 Å². The van der Waals surface area contributed by atoms with Gasteiger partial charge < -0.3 is 9.13 Å². The molecule has 0 radical (unpaired) electrons. The van der Waals surface area contributed by atoms with Crippen LogP contribution in [0, 0.1) is 0 Å². The Morgan fingerprint density at radius 1 is 0.667 bits per heavy atom. The zero-order valence-corrected chi connectivity index (χ0v) is 17.8. The van der Waals surface area contributed by atoms with Gasteiger partial charge in [-0.2, -0.15) is 0 Å². The van der Waals surface area contributed by atoms with Crippen molar-refractivity contribution in [3.8, 4) is 0 Å².